The summed E-state index contributed by atoms with van der Waals surface area (Å²) in [6.07, 6.45) is 3.96. The first-order valence-corrected chi connectivity index (χ1v) is 7.35. The fraction of sp³-hybridized carbons (Fsp3) is 0.733. The molecule has 0 N–H and O–H groups in total. The van der Waals surface area contributed by atoms with Crippen LogP contribution in [-0.4, -0.2) is 47.1 Å². The van der Waals surface area contributed by atoms with Crippen molar-refractivity contribution >= 4 is 5.82 Å². The highest BCUT2D eigenvalue weighted by molar-refractivity contribution is 5.48. The maximum Gasteiger partial charge on any atom is 0.135 e. The molecule has 0 spiro atoms. The molecule has 3 heterocycles. The van der Waals surface area contributed by atoms with Gasteiger partial charge in [-0.1, -0.05) is 0 Å². The highest BCUT2D eigenvalue weighted by Crippen LogP contribution is 2.31. The molecule has 2 unspecified atom stereocenters. The normalized spacial score (nSPS) is 27.7. The van der Waals surface area contributed by atoms with Gasteiger partial charge in [0.15, 0.2) is 0 Å². The zero-order chi connectivity index (χ0) is 13.6. The van der Waals surface area contributed by atoms with E-state index in [9.17, 15) is 0 Å². The van der Waals surface area contributed by atoms with Crippen molar-refractivity contribution in [2.75, 3.05) is 25.0 Å². The SMILES string of the molecule is Cc1nc(C)c(C)c(N2CCC3CCC(C2)N3C)n1. The van der Waals surface area contributed by atoms with Gasteiger partial charge < -0.3 is 4.90 Å². The van der Waals surface area contributed by atoms with Crippen LogP contribution in [0.1, 0.15) is 36.3 Å². The molecule has 0 amide bonds. The van der Waals surface area contributed by atoms with Gasteiger partial charge in [0.25, 0.3) is 0 Å². The lowest BCUT2D eigenvalue weighted by Crippen LogP contribution is -2.37. The summed E-state index contributed by atoms with van der Waals surface area (Å²) >= 11 is 0. The molecule has 1 aromatic rings. The van der Waals surface area contributed by atoms with Crippen LogP contribution in [0.4, 0.5) is 5.82 Å². The van der Waals surface area contributed by atoms with Gasteiger partial charge in [-0.25, -0.2) is 9.97 Å². The summed E-state index contributed by atoms with van der Waals surface area (Å²) in [6.45, 7) is 8.47. The van der Waals surface area contributed by atoms with Gasteiger partial charge in [-0.15, -0.1) is 0 Å². The lowest BCUT2D eigenvalue weighted by atomic mass is 10.1. The van der Waals surface area contributed by atoms with Gasteiger partial charge in [0.1, 0.15) is 11.6 Å². The van der Waals surface area contributed by atoms with Crippen LogP contribution in [0.2, 0.25) is 0 Å². The highest BCUT2D eigenvalue weighted by Gasteiger charge is 2.35. The van der Waals surface area contributed by atoms with E-state index in [-0.39, 0.29) is 0 Å². The number of hydrogen-bond donors (Lipinski definition) is 0. The number of rotatable bonds is 1. The summed E-state index contributed by atoms with van der Waals surface area (Å²) in [4.78, 5) is 14.2. The second-order valence-corrected chi connectivity index (χ2v) is 6.09. The molecule has 4 nitrogen and oxygen atoms in total. The molecule has 3 rings (SSSR count). The maximum atomic E-state index is 4.70. The van der Waals surface area contributed by atoms with Crippen LogP contribution in [0.15, 0.2) is 0 Å². The Labute approximate surface area is 115 Å². The maximum absolute atomic E-state index is 4.70. The first-order chi connectivity index (χ1) is 9.06. The molecule has 19 heavy (non-hydrogen) atoms. The molecule has 2 bridgehead atoms. The van der Waals surface area contributed by atoms with Crippen molar-refractivity contribution in [3.8, 4) is 0 Å². The smallest absolute Gasteiger partial charge is 0.135 e. The number of anilines is 1. The molecule has 1 aromatic heterocycles. The molecule has 2 aliphatic rings. The summed E-state index contributed by atoms with van der Waals surface area (Å²) in [5, 5.41) is 0. The van der Waals surface area contributed by atoms with E-state index in [0.717, 1.165) is 36.5 Å². The summed E-state index contributed by atoms with van der Waals surface area (Å²) in [7, 11) is 2.29. The van der Waals surface area contributed by atoms with Crippen LogP contribution < -0.4 is 4.90 Å². The van der Waals surface area contributed by atoms with E-state index in [0.29, 0.717) is 6.04 Å². The third-order valence-electron chi connectivity index (χ3n) is 4.92. The highest BCUT2D eigenvalue weighted by atomic mass is 15.3. The number of likely N-dealkylation sites (N-methyl/N-ethyl adjacent to an activating group) is 1. The molecule has 0 radical (unpaired) electrons. The van der Waals surface area contributed by atoms with E-state index < -0.39 is 0 Å². The van der Waals surface area contributed by atoms with Gasteiger partial charge >= 0.3 is 0 Å². The Balaban J connectivity index is 1.91. The molecule has 2 saturated heterocycles. The average molecular weight is 260 g/mol. The summed E-state index contributed by atoms with van der Waals surface area (Å²) in [5.74, 6) is 2.05. The van der Waals surface area contributed by atoms with Crippen LogP contribution in [0.5, 0.6) is 0 Å². The predicted molar refractivity (Wildman–Crippen MR) is 77.6 cm³/mol. The molecule has 0 saturated carbocycles. The van der Waals surface area contributed by atoms with Crippen LogP contribution >= 0.6 is 0 Å². The molecule has 2 atom stereocenters. The molecule has 4 heteroatoms. The molecule has 2 aliphatic heterocycles. The van der Waals surface area contributed by atoms with Gasteiger partial charge in [-0.05, 0) is 47.1 Å². The van der Waals surface area contributed by atoms with Gasteiger partial charge in [0.2, 0.25) is 0 Å². The van der Waals surface area contributed by atoms with Gasteiger partial charge in [0.05, 0.1) is 0 Å². The second kappa shape index (κ2) is 4.75. The molecule has 104 valence electrons. The van der Waals surface area contributed by atoms with E-state index in [1.54, 1.807) is 0 Å². The third-order valence-corrected chi connectivity index (χ3v) is 4.92. The van der Waals surface area contributed by atoms with E-state index in [2.05, 4.69) is 35.7 Å². The minimum absolute atomic E-state index is 0.697. The Morgan fingerprint density at radius 2 is 1.74 bits per heavy atom. The second-order valence-electron chi connectivity index (χ2n) is 6.09. The van der Waals surface area contributed by atoms with Crippen molar-refractivity contribution in [1.29, 1.82) is 0 Å². The molecular weight excluding hydrogens is 236 g/mol. The Bertz CT molecular complexity index is 485. The van der Waals surface area contributed by atoms with Crippen LogP contribution in [0.25, 0.3) is 0 Å². The minimum Gasteiger partial charge on any atom is -0.355 e. The minimum atomic E-state index is 0.697. The monoisotopic (exact) mass is 260 g/mol. The molecule has 0 aromatic carbocycles. The Morgan fingerprint density at radius 1 is 1.00 bits per heavy atom. The number of hydrogen-bond acceptors (Lipinski definition) is 4. The van der Waals surface area contributed by atoms with Crippen LogP contribution in [-0.2, 0) is 0 Å². The van der Waals surface area contributed by atoms with E-state index in [1.807, 2.05) is 6.92 Å². The van der Waals surface area contributed by atoms with Crippen LogP contribution in [0.3, 0.4) is 0 Å². The number of aromatic nitrogens is 2. The number of aryl methyl sites for hydroxylation is 2. The first-order valence-electron chi connectivity index (χ1n) is 7.35. The van der Waals surface area contributed by atoms with Gasteiger partial charge in [-0.2, -0.15) is 0 Å². The number of fused-ring (bicyclic) bond motifs is 2. The van der Waals surface area contributed by atoms with Crippen molar-refractivity contribution in [1.82, 2.24) is 14.9 Å². The van der Waals surface area contributed by atoms with Crippen molar-refractivity contribution in [3.63, 3.8) is 0 Å². The van der Waals surface area contributed by atoms with Crippen molar-refractivity contribution in [2.45, 2.75) is 52.1 Å². The lowest BCUT2D eigenvalue weighted by Gasteiger charge is -2.28. The van der Waals surface area contributed by atoms with Crippen LogP contribution in [0, 0.1) is 20.8 Å². The summed E-state index contributed by atoms with van der Waals surface area (Å²) < 4.78 is 0. The van der Waals surface area contributed by atoms with E-state index in [4.69, 9.17) is 4.98 Å². The van der Waals surface area contributed by atoms with Crippen molar-refractivity contribution in [2.24, 2.45) is 0 Å². The zero-order valence-electron chi connectivity index (χ0n) is 12.5. The fourth-order valence-corrected chi connectivity index (χ4v) is 3.56. The lowest BCUT2D eigenvalue weighted by molar-refractivity contribution is 0.254. The summed E-state index contributed by atoms with van der Waals surface area (Å²) in [6, 6.07) is 1.47. The summed E-state index contributed by atoms with van der Waals surface area (Å²) in [5.41, 5.74) is 2.36. The molecule has 2 fully saturated rings. The third kappa shape index (κ3) is 2.22. The number of nitrogens with zero attached hydrogens (tertiary/aromatic N) is 4. The van der Waals surface area contributed by atoms with E-state index in [1.165, 1.54) is 24.8 Å². The Hall–Kier alpha value is -1.16. The van der Waals surface area contributed by atoms with E-state index >= 15 is 0 Å². The first kappa shape index (κ1) is 12.9. The Kier molecular flexibility index (Phi) is 3.21. The largest absolute Gasteiger partial charge is 0.355 e. The van der Waals surface area contributed by atoms with Gasteiger partial charge in [-0.3, -0.25) is 4.90 Å². The molecule has 0 aliphatic carbocycles. The van der Waals surface area contributed by atoms with Crippen molar-refractivity contribution in [3.05, 3.63) is 17.1 Å². The predicted octanol–water partition coefficient (Wildman–Crippen LogP) is 2.07. The standard InChI is InChI=1S/C15H24N4/c1-10-11(2)16-12(3)17-15(10)19-8-7-13-5-6-14(9-19)18(13)4/h13-14H,5-9H2,1-4H3. The average Bonchev–Trinajstić information content (AvgIpc) is 2.59. The van der Waals surface area contributed by atoms with Gasteiger partial charge in [0, 0.05) is 36.4 Å². The van der Waals surface area contributed by atoms with Crippen molar-refractivity contribution < 1.29 is 0 Å². The fourth-order valence-electron chi connectivity index (χ4n) is 3.56. The zero-order valence-corrected chi connectivity index (χ0v) is 12.5. The molecular formula is C15H24N4. The Morgan fingerprint density at radius 3 is 2.53 bits per heavy atom. The quantitative estimate of drug-likeness (QED) is 0.774. The topological polar surface area (TPSA) is 32.3 Å².